The highest BCUT2D eigenvalue weighted by Crippen LogP contribution is 2.28. The highest BCUT2D eigenvalue weighted by atomic mass is 16.5. The van der Waals surface area contributed by atoms with Crippen LogP contribution in [0.25, 0.3) is 0 Å². The van der Waals surface area contributed by atoms with Crippen LogP contribution in [-0.4, -0.2) is 32.1 Å². The lowest BCUT2D eigenvalue weighted by molar-refractivity contribution is -0.114. The Bertz CT molecular complexity index is 740. The van der Waals surface area contributed by atoms with Gasteiger partial charge in [-0.15, -0.1) is 0 Å². The van der Waals surface area contributed by atoms with E-state index >= 15 is 0 Å². The molecule has 2 rings (SSSR count). The predicted molar refractivity (Wildman–Crippen MR) is 117 cm³/mol. The van der Waals surface area contributed by atoms with Crippen molar-refractivity contribution in [3.05, 3.63) is 59.4 Å². The Hall–Kier alpha value is -2.50. The van der Waals surface area contributed by atoms with Crippen molar-refractivity contribution < 1.29 is 14.3 Å². The Morgan fingerprint density at radius 2 is 1.86 bits per heavy atom. The Balaban J connectivity index is 2.37. The summed E-state index contributed by atoms with van der Waals surface area (Å²) in [5, 5.41) is 6.92. The molecule has 1 fully saturated rings. The number of hydrogen-bond acceptors (Lipinski definition) is 5. The minimum atomic E-state index is -0.861. The first-order valence-corrected chi connectivity index (χ1v) is 10.3. The maximum Gasteiger partial charge on any atom is 0.236 e. The fourth-order valence-corrected chi connectivity index (χ4v) is 3.83. The summed E-state index contributed by atoms with van der Waals surface area (Å²) >= 11 is 0. The number of ether oxygens (including phenoxy) is 1. The van der Waals surface area contributed by atoms with Gasteiger partial charge in [-0.1, -0.05) is 63.1 Å². The molecule has 5 nitrogen and oxygen atoms in total. The van der Waals surface area contributed by atoms with E-state index in [0.717, 1.165) is 30.5 Å². The van der Waals surface area contributed by atoms with E-state index in [1.165, 1.54) is 19.3 Å². The third-order valence-electron chi connectivity index (χ3n) is 5.20. The van der Waals surface area contributed by atoms with Gasteiger partial charge < -0.3 is 15.4 Å². The van der Waals surface area contributed by atoms with Crippen LogP contribution in [0.5, 0.6) is 0 Å². The van der Waals surface area contributed by atoms with Crippen molar-refractivity contribution in [1.29, 1.82) is 0 Å². The standard InChI is InChI=1S/C23H31BN2O3/c1-4-20(26-19-13-9-6-10-14-19)21(17(3)27)22(18-11-7-5-8-12-18)25-16(2)15-29-23(24)28/h5,7-8,11-12,19,22,25-26H,2,4,6,9-10,13-15H2,1,3H3/b21-20-. The summed E-state index contributed by atoms with van der Waals surface area (Å²) in [4.78, 5) is 23.7. The summed E-state index contributed by atoms with van der Waals surface area (Å²) in [6, 6.07) is 9.74. The molecule has 0 aromatic heterocycles. The number of allylic oxidation sites excluding steroid dienone is 1. The molecule has 1 aliphatic carbocycles. The van der Waals surface area contributed by atoms with Crippen LogP contribution < -0.4 is 10.6 Å². The zero-order valence-corrected chi connectivity index (χ0v) is 17.5. The summed E-state index contributed by atoms with van der Waals surface area (Å²) in [5.74, 6) is -0.866. The fraction of sp³-hybridized carbons (Fsp3) is 0.478. The third kappa shape index (κ3) is 7.11. The lowest BCUT2D eigenvalue weighted by Crippen LogP contribution is -2.35. The smallest absolute Gasteiger partial charge is 0.236 e. The molecule has 0 saturated heterocycles. The van der Waals surface area contributed by atoms with Gasteiger partial charge in [-0.25, -0.2) is 0 Å². The van der Waals surface area contributed by atoms with Gasteiger partial charge in [-0.05, 0) is 31.7 Å². The number of benzene rings is 1. The van der Waals surface area contributed by atoms with Crippen LogP contribution in [0.2, 0.25) is 0 Å². The highest BCUT2D eigenvalue weighted by Gasteiger charge is 2.25. The summed E-state index contributed by atoms with van der Waals surface area (Å²) in [7, 11) is 5.06. The summed E-state index contributed by atoms with van der Waals surface area (Å²) in [6.07, 6.45) is 6.67. The number of ketones is 1. The lowest BCUT2D eigenvalue weighted by Gasteiger charge is -2.30. The van der Waals surface area contributed by atoms with Crippen LogP contribution in [0.15, 0.2) is 53.9 Å². The van der Waals surface area contributed by atoms with Crippen molar-refractivity contribution in [2.45, 2.75) is 64.5 Å². The van der Waals surface area contributed by atoms with Crippen LogP contribution in [-0.2, 0) is 9.53 Å². The molecule has 0 spiro atoms. The molecular formula is C23H31BN2O3. The maximum absolute atomic E-state index is 12.8. The van der Waals surface area contributed by atoms with Gasteiger partial charge in [0.05, 0.1) is 6.04 Å². The van der Waals surface area contributed by atoms with E-state index in [2.05, 4.69) is 24.1 Å². The Morgan fingerprint density at radius 1 is 1.21 bits per heavy atom. The molecule has 0 amide bonds. The minimum absolute atomic E-state index is 0.00451. The maximum atomic E-state index is 12.8. The van der Waals surface area contributed by atoms with Gasteiger partial charge in [0.1, 0.15) is 6.61 Å². The second-order valence-corrected chi connectivity index (χ2v) is 7.48. The van der Waals surface area contributed by atoms with Crippen molar-refractivity contribution in [3.8, 4) is 0 Å². The van der Waals surface area contributed by atoms with Crippen molar-refractivity contribution in [3.63, 3.8) is 0 Å². The molecule has 29 heavy (non-hydrogen) atoms. The van der Waals surface area contributed by atoms with Gasteiger partial charge in [-0.2, -0.15) is 0 Å². The summed E-state index contributed by atoms with van der Waals surface area (Å²) in [6.45, 7) is 7.53. The summed E-state index contributed by atoms with van der Waals surface area (Å²) < 4.78 is 4.85. The first kappa shape index (κ1) is 22.8. The lowest BCUT2D eigenvalue weighted by atomic mass is 9.91. The van der Waals surface area contributed by atoms with Crippen molar-refractivity contribution in [2.75, 3.05) is 6.61 Å². The molecule has 0 heterocycles. The number of rotatable bonds is 10. The minimum Gasteiger partial charge on any atom is -0.468 e. The number of carbonyl (C=O) groups excluding carboxylic acids is 2. The molecule has 2 radical (unpaired) electrons. The monoisotopic (exact) mass is 394 g/mol. The molecule has 1 aliphatic rings. The van der Waals surface area contributed by atoms with Gasteiger partial charge in [-0.3, -0.25) is 9.59 Å². The van der Waals surface area contributed by atoms with Crippen LogP contribution in [0.4, 0.5) is 4.79 Å². The Kier molecular flexibility index (Phi) is 9.03. The van der Waals surface area contributed by atoms with E-state index in [-0.39, 0.29) is 12.4 Å². The molecule has 2 N–H and O–H groups in total. The van der Waals surface area contributed by atoms with E-state index in [1.807, 2.05) is 30.3 Å². The number of hydrogen-bond donors (Lipinski definition) is 2. The molecule has 1 atom stereocenters. The number of Topliss-reactive ketones (excluding diaryl/α,β-unsaturated/α-hetero) is 1. The number of carbonyl (C=O) groups is 2. The van der Waals surface area contributed by atoms with Gasteiger partial charge in [0.25, 0.3) is 0 Å². The van der Waals surface area contributed by atoms with Crippen LogP contribution in [0.1, 0.15) is 64.0 Å². The Labute approximate surface area is 175 Å². The zero-order chi connectivity index (χ0) is 21.2. The van der Waals surface area contributed by atoms with Crippen LogP contribution in [0, 0.1) is 0 Å². The molecule has 0 aliphatic heterocycles. The van der Waals surface area contributed by atoms with Gasteiger partial charge >= 0.3 is 0 Å². The van der Waals surface area contributed by atoms with Gasteiger partial charge in [0, 0.05) is 23.0 Å². The Morgan fingerprint density at radius 3 is 2.41 bits per heavy atom. The largest absolute Gasteiger partial charge is 0.468 e. The van der Waals surface area contributed by atoms with E-state index < -0.39 is 11.9 Å². The normalized spacial score (nSPS) is 16.3. The molecule has 154 valence electrons. The van der Waals surface area contributed by atoms with E-state index in [1.54, 1.807) is 6.92 Å². The third-order valence-corrected chi connectivity index (χ3v) is 5.20. The second-order valence-electron chi connectivity index (χ2n) is 7.48. The number of nitrogens with one attached hydrogen (secondary N) is 2. The van der Waals surface area contributed by atoms with Crippen LogP contribution in [0.3, 0.4) is 0 Å². The molecular weight excluding hydrogens is 363 g/mol. The molecule has 1 saturated carbocycles. The van der Waals surface area contributed by atoms with Gasteiger partial charge in [0.15, 0.2) is 5.78 Å². The zero-order valence-electron chi connectivity index (χ0n) is 17.5. The topological polar surface area (TPSA) is 67.4 Å². The van der Waals surface area contributed by atoms with Crippen molar-refractivity contribution in [1.82, 2.24) is 10.6 Å². The first-order valence-electron chi connectivity index (χ1n) is 10.3. The van der Waals surface area contributed by atoms with Crippen LogP contribution >= 0.6 is 0 Å². The van der Waals surface area contributed by atoms with Crippen molar-refractivity contribution >= 4 is 19.5 Å². The average Bonchev–Trinajstić information content (AvgIpc) is 2.72. The second kappa shape index (κ2) is 11.5. The van der Waals surface area contributed by atoms with E-state index in [9.17, 15) is 9.59 Å². The first-order chi connectivity index (χ1) is 13.9. The molecule has 6 heteroatoms. The van der Waals surface area contributed by atoms with Gasteiger partial charge in [0.2, 0.25) is 13.7 Å². The van der Waals surface area contributed by atoms with E-state index in [4.69, 9.17) is 12.6 Å². The quantitative estimate of drug-likeness (QED) is 0.457. The molecule has 1 aromatic rings. The van der Waals surface area contributed by atoms with E-state index in [0.29, 0.717) is 17.3 Å². The predicted octanol–water partition coefficient (Wildman–Crippen LogP) is 4.31. The fourth-order valence-electron chi connectivity index (χ4n) is 3.83. The van der Waals surface area contributed by atoms with Crippen molar-refractivity contribution in [2.24, 2.45) is 0 Å². The molecule has 0 bridgehead atoms. The molecule has 1 aromatic carbocycles. The summed E-state index contributed by atoms with van der Waals surface area (Å²) in [5.41, 5.74) is 3.05. The molecule has 1 unspecified atom stereocenters. The SMILES string of the molecule is [B]C(=O)OCC(=C)NC(/C(C(C)=O)=C(/CC)NC1CCCCC1)c1ccccc1. The highest BCUT2D eigenvalue weighted by molar-refractivity contribution is 6.55. The average molecular weight is 394 g/mol.